The number of rotatable bonds is 2. The molecule has 0 spiro atoms. The molecule has 1 aromatic heterocycles. The molecule has 100 valence electrons. The van der Waals surface area contributed by atoms with Crippen LogP contribution < -0.4 is 11.1 Å². The number of pyridine rings is 1. The van der Waals surface area contributed by atoms with Gasteiger partial charge in [-0.15, -0.1) is 0 Å². The minimum Gasteiger partial charge on any atom is -0.398 e. The number of anilines is 3. The molecule has 0 bridgehead atoms. The van der Waals surface area contributed by atoms with Gasteiger partial charge >= 0.3 is 0 Å². The van der Waals surface area contributed by atoms with E-state index in [0.717, 1.165) is 38.6 Å². The molecule has 0 fully saturated rings. The number of nitrogen functional groups attached to an aromatic ring is 1. The lowest BCUT2D eigenvalue weighted by Gasteiger charge is -2.10. The van der Waals surface area contributed by atoms with Crippen molar-refractivity contribution in [1.29, 1.82) is 0 Å². The molecule has 0 aliphatic rings. The van der Waals surface area contributed by atoms with Crippen molar-refractivity contribution in [3.63, 3.8) is 0 Å². The van der Waals surface area contributed by atoms with E-state index in [-0.39, 0.29) is 0 Å². The highest BCUT2D eigenvalue weighted by Crippen LogP contribution is 2.29. The number of aromatic nitrogens is 1. The summed E-state index contributed by atoms with van der Waals surface area (Å²) in [6.45, 7) is 1.98. The molecule has 0 amide bonds. The summed E-state index contributed by atoms with van der Waals surface area (Å²) in [7, 11) is 0. The van der Waals surface area contributed by atoms with Gasteiger partial charge in [-0.3, -0.25) is 0 Å². The first-order valence-electron chi connectivity index (χ1n) is 6.31. The first-order valence-corrected chi connectivity index (χ1v) is 6.69. The Morgan fingerprint density at radius 3 is 2.75 bits per heavy atom. The first kappa shape index (κ1) is 12.8. The van der Waals surface area contributed by atoms with Crippen LogP contribution in [0.5, 0.6) is 0 Å². The molecule has 3 N–H and O–H groups in total. The Balaban J connectivity index is 2.06. The Bertz CT molecular complexity index is 784. The fraction of sp³-hybridized carbons (Fsp3) is 0.0625. The summed E-state index contributed by atoms with van der Waals surface area (Å²) in [6.07, 6.45) is 1.75. The van der Waals surface area contributed by atoms with Crippen LogP contribution in [0.4, 0.5) is 17.2 Å². The SMILES string of the molecule is Cc1ccc(Nc2nccc3c(N)cccc23)cc1Cl. The van der Waals surface area contributed by atoms with E-state index < -0.39 is 0 Å². The van der Waals surface area contributed by atoms with Gasteiger partial charge in [0.05, 0.1) is 0 Å². The first-order chi connectivity index (χ1) is 9.65. The molecule has 2 aromatic carbocycles. The highest BCUT2D eigenvalue weighted by atomic mass is 35.5. The van der Waals surface area contributed by atoms with Crippen LogP contribution in [0, 0.1) is 6.92 Å². The molecule has 0 saturated carbocycles. The average molecular weight is 284 g/mol. The van der Waals surface area contributed by atoms with Crippen molar-refractivity contribution >= 4 is 39.6 Å². The predicted molar refractivity (Wildman–Crippen MR) is 85.6 cm³/mol. The van der Waals surface area contributed by atoms with Crippen molar-refractivity contribution in [2.24, 2.45) is 0 Å². The Morgan fingerprint density at radius 2 is 1.95 bits per heavy atom. The zero-order valence-electron chi connectivity index (χ0n) is 11.0. The van der Waals surface area contributed by atoms with Crippen LogP contribution in [0.25, 0.3) is 10.8 Å². The van der Waals surface area contributed by atoms with E-state index in [1.54, 1.807) is 6.20 Å². The molecule has 20 heavy (non-hydrogen) atoms. The van der Waals surface area contributed by atoms with Crippen molar-refractivity contribution in [3.8, 4) is 0 Å². The standard InChI is InChI=1S/C16H14ClN3/c1-10-5-6-11(9-14(10)17)20-16-13-3-2-4-15(18)12(13)7-8-19-16/h2-9H,18H2,1H3,(H,19,20). The Kier molecular flexibility index (Phi) is 3.20. The number of benzene rings is 2. The van der Waals surface area contributed by atoms with Gasteiger partial charge < -0.3 is 11.1 Å². The van der Waals surface area contributed by atoms with Crippen molar-refractivity contribution in [2.75, 3.05) is 11.1 Å². The third-order valence-electron chi connectivity index (χ3n) is 3.27. The zero-order chi connectivity index (χ0) is 14.1. The second kappa shape index (κ2) is 5.02. The van der Waals surface area contributed by atoms with Crippen LogP contribution in [0.2, 0.25) is 5.02 Å². The van der Waals surface area contributed by atoms with Crippen LogP contribution in [0.15, 0.2) is 48.7 Å². The second-order valence-corrected chi connectivity index (χ2v) is 5.10. The predicted octanol–water partition coefficient (Wildman–Crippen LogP) is 4.52. The van der Waals surface area contributed by atoms with Gasteiger partial charge in [-0.05, 0) is 36.8 Å². The van der Waals surface area contributed by atoms with Gasteiger partial charge in [0.2, 0.25) is 0 Å². The number of aryl methyl sites for hydroxylation is 1. The van der Waals surface area contributed by atoms with Crippen molar-refractivity contribution in [1.82, 2.24) is 4.98 Å². The van der Waals surface area contributed by atoms with Crippen LogP contribution in [0.1, 0.15) is 5.56 Å². The van der Waals surface area contributed by atoms with E-state index in [4.69, 9.17) is 17.3 Å². The molecular weight excluding hydrogens is 270 g/mol. The third-order valence-corrected chi connectivity index (χ3v) is 3.68. The minimum absolute atomic E-state index is 0.731. The van der Waals surface area contributed by atoms with Gasteiger partial charge in [-0.1, -0.05) is 29.8 Å². The van der Waals surface area contributed by atoms with E-state index in [0.29, 0.717) is 0 Å². The monoisotopic (exact) mass is 283 g/mol. The molecule has 0 unspecified atom stereocenters. The quantitative estimate of drug-likeness (QED) is 0.680. The zero-order valence-corrected chi connectivity index (χ0v) is 11.8. The van der Waals surface area contributed by atoms with Crippen molar-refractivity contribution < 1.29 is 0 Å². The average Bonchev–Trinajstić information content (AvgIpc) is 2.44. The number of fused-ring (bicyclic) bond motifs is 1. The highest BCUT2D eigenvalue weighted by Gasteiger charge is 2.05. The lowest BCUT2D eigenvalue weighted by Crippen LogP contribution is -1.96. The van der Waals surface area contributed by atoms with E-state index in [1.807, 2.05) is 49.4 Å². The van der Waals surface area contributed by atoms with Crippen molar-refractivity contribution in [3.05, 3.63) is 59.2 Å². The van der Waals surface area contributed by atoms with Gasteiger partial charge in [0, 0.05) is 33.4 Å². The molecular formula is C16H14ClN3. The normalized spacial score (nSPS) is 10.7. The summed E-state index contributed by atoms with van der Waals surface area (Å²) in [5.74, 6) is 0.773. The molecule has 3 aromatic rings. The lowest BCUT2D eigenvalue weighted by atomic mass is 10.1. The number of hydrogen-bond donors (Lipinski definition) is 2. The van der Waals surface area contributed by atoms with E-state index >= 15 is 0 Å². The van der Waals surface area contributed by atoms with E-state index in [1.165, 1.54) is 0 Å². The smallest absolute Gasteiger partial charge is 0.138 e. The highest BCUT2D eigenvalue weighted by molar-refractivity contribution is 6.31. The number of hydrogen-bond acceptors (Lipinski definition) is 3. The van der Waals surface area contributed by atoms with Gasteiger partial charge in [0.15, 0.2) is 0 Å². The summed E-state index contributed by atoms with van der Waals surface area (Å²) >= 11 is 6.14. The summed E-state index contributed by atoms with van der Waals surface area (Å²) in [4.78, 5) is 4.39. The number of nitrogens with zero attached hydrogens (tertiary/aromatic N) is 1. The third kappa shape index (κ3) is 2.28. The summed E-state index contributed by atoms with van der Waals surface area (Å²) in [6, 6.07) is 13.6. The maximum absolute atomic E-state index is 6.14. The molecule has 0 aliphatic heterocycles. The number of nitrogens with two attached hydrogens (primary N) is 1. The van der Waals surface area contributed by atoms with Gasteiger partial charge in [0.1, 0.15) is 5.82 Å². The molecule has 3 nitrogen and oxygen atoms in total. The molecule has 3 rings (SSSR count). The lowest BCUT2D eigenvalue weighted by molar-refractivity contribution is 1.33. The van der Waals surface area contributed by atoms with Crippen molar-refractivity contribution in [2.45, 2.75) is 6.92 Å². The van der Waals surface area contributed by atoms with Crippen LogP contribution in [-0.2, 0) is 0 Å². The fourth-order valence-corrected chi connectivity index (χ4v) is 2.32. The number of nitrogens with one attached hydrogen (secondary N) is 1. The Labute approximate surface area is 122 Å². The number of halogens is 1. The molecule has 0 atom stereocenters. The topological polar surface area (TPSA) is 50.9 Å². The van der Waals surface area contributed by atoms with Crippen LogP contribution in [0.3, 0.4) is 0 Å². The largest absolute Gasteiger partial charge is 0.398 e. The van der Waals surface area contributed by atoms with Gasteiger partial charge in [0.25, 0.3) is 0 Å². The summed E-state index contributed by atoms with van der Waals surface area (Å²) in [5, 5.41) is 6.00. The van der Waals surface area contributed by atoms with Crippen LogP contribution in [-0.4, -0.2) is 4.98 Å². The second-order valence-electron chi connectivity index (χ2n) is 4.69. The Morgan fingerprint density at radius 1 is 1.10 bits per heavy atom. The van der Waals surface area contributed by atoms with Gasteiger partial charge in [-0.2, -0.15) is 0 Å². The molecule has 0 aliphatic carbocycles. The fourth-order valence-electron chi connectivity index (χ4n) is 2.14. The molecule has 0 radical (unpaired) electrons. The van der Waals surface area contributed by atoms with E-state index in [2.05, 4.69) is 10.3 Å². The summed E-state index contributed by atoms with van der Waals surface area (Å²) in [5.41, 5.74) is 8.69. The maximum Gasteiger partial charge on any atom is 0.138 e. The van der Waals surface area contributed by atoms with E-state index in [9.17, 15) is 0 Å². The minimum atomic E-state index is 0.731. The Hall–Kier alpha value is -2.26. The van der Waals surface area contributed by atoms with Crippen LogP contribution >= 0.6 is 11.6 Å². The molecule has 0 saturated heterocycles. The maximum atomic E-state index is 6.14. The molecule has 1 heterocycles. The van der Waals surface area contributed by atoms with Gasteiger partial charge in [-0.25, -0.2) is 4.98 Å². The molecule has 4 heteroatoms. The summed E-state index contributed by atoms with van der Waals surface area (Å²) < 4.78 is 0.